The summed E-state index contributed by atoms with van der Waals surface area (Å²) in [6.07, 6.45) is 9.90. The van der Waals surface area contributed by atoms with Gasteiger partial charge in [0.1, 0.15) is 0 Å². The Kier molecular flexibility index (Phi) is 2.56. The zero-order valence-electron chi connectivity index (χ0n) is 8.30. The monoisotopic (exact) mass is 162 g/mol. The van der Waals surface area contributed by atoms with E-state index in [1.54, 1.807) is 0 Å². The van der Waals surface area contributed by atoms with Crippen molar-refractivity contribution < 1.29 is 0 Å². The van der Waals surface area contributed by atoms with E-state index < -0.39 is 0 Å². The van der Waals surface area contributed by atoms with Crippen molar-refractivity contribution in [3.63, 3.8) is 0 Å². The molecule has 0 nitrogen and oxygen atoms in total. The van der Waals surface area contributed by atoms with Crippen molar-refractivity contribution in [1.82, 2.24) is 0 Å². The lowest BCUT2D eigenvalue weighted by Gasteiger charge is -2.35. The molecule has 0 saturated carbocycles. The Bertz CT molecular complexity index is 228. The highest BCUT2D eigenvalue weighted by molar-refractivity contribution is 5.28. The lowest BCUT2D eigenvalue weighted by atomic mass is 9.69. The molecule has 0 amide bonds. The average Bonchev–Trinajstić information content (AvgIpc) is 1.97. The zero-order chi connectivity index (χ0) is 9.19. The molecule has 12 heavy (non-hydrogen) atoms. The second-order valence-electron chi connectivity index (χ2n) is 4.17. The van der Waals surface area contributed by atoms with E-state index in [-0.39, 0.29) is 0 Å². The molecule has 0 fully saturated rings. The smallest absolute Gasteiger partial charge is 0.00660 e. The van der Waals surface area contributed by atoms with Crippen molar-refractivity contribution in [3.05, 3.63) is 36.5 Å². The van der Waals surface area contributed by atoms with Crippen LogP contribution in [0.25, 0.3) is 0 Å². The standard InChI is InChI=1S/C12H18/c1-5-7-11-10(2)8-6-9-12(11,3)4/h5-8,11H,2,9H2,1,3-4H3/b7-5+. The van der Waals surface area contributed by atoms with Crippen LogP contribution >= 0.6 is 0 Å². The summed E-state index contributed by atoms with van der Waals surface area (Å²) in [5.41, 5.74) is 1.59. The molecule has 0 N–H and O–H groups in total. The molecule has 1 atom stereocenters. The lowest BCUT2D eigenvalue weighted by molar-refractivity contribution is 0.291. The van der Waals surface area contributed by atoms with Gasteiger partial charge in [0, 0.05) is 5.92 Å². The van der Waals surface area contributed by atoms with E-state index in [1.807, 2.05) is 0 Å². The minimum atomic E-state index is 0.346. The van der Waals surface area contributed by atoms with Crippen molar-refractivity contribution in [2.45, 2.75) is 27.2 Å². The van der Waals surface area contributed by atoms with Gasteiger partial charge in [-0.3, -0.25) is 0 Å². The first-order valence-electron chi connectivity index (χ1n) is 4.56. The predicted molar refractivity (Wildman–Crippen MR) is 55.0 cm³/mol. The largest absolute Gasteiger partial charge is 0.0952 e. The first-order valence-corrected chi connectivity index (χ1v) is 4.56. The van der Waals surface area contributed by atoms with Crippen LogP contribution in [0, 0.1) is 11.3 Å². The minimum absolute atomic E-state index is 0.346. The van der Waals surface area contributed by atoms with Gasteiger partial charge in [0.2, 0.25) is 0 Å². The predicted octanol–water partition coefficient (Wildman–Crippen LogP) is 3.72. The summed E-state index contributed by atoms with van der Waals surface area (Å²) in [7, 11) is 0. The summed E-state index contributed by atoms with van der Waals surface area (Å²) < 4.78 is 0. The first kappa shape index (κ1) is 9.31. The Labute approximate surface area is 75.7 Å². The minimum Gasteiger partial charge on any atom is -0.0952 e. The molecule has 1 aliphatic rings. The van der Waals surface area contributed by atoms with Crippen molar-refractivity contribution in [2.24, 2.45) is 11.3 Å². The van der Waals surface area contributed by atoms with Crippen LogP contribution in [0.4, 0.5) is 0 Å². The molecule has 0 aromatic rings. The number of hydrogen-bond donors (Lipinski definition) is 0. The van der Waals surface area contributed by atoms with Gasteiger partial charge in [0.05, 0.1) is 0 Å². The number of hydrogen-bond acceptors (Lipinski definition) is 0. The maximum absolute atomic E-state index is 4.07. The van der Waals surface area contributed by atoms with Gasteiger partial charge in [0.25, 0.3) is 0 Å². The van der Waals surface area contributed by atoms with Crippen LogP contribution in [0.5, 0.6) is 0 Å². The normalized spacial score (nSPS) is 28.2. The molecule has 0 aromatic carbocycles. The van der Waals surface area contributed by atoms with Crippen molar-refractivity contribution >= 4 is 0 Å². The molecule has 0 heterocycles. The van der Waals surface area contributed by atoms with Crippen LogP contribution in [0.15, 0.2) is 36.5 Å². The summed E-state index contributed by atoms with van der Waals surface area (Å²) in [6.45, 7) is 10.7. The quantitative estimate of drug-likeness (QED) is 0.515. The zero-order valence-corrected chi connectivity index (χ0v) is 8.30. The second-order valence-corrected chi connectivity index (χ2v) is 4.17. The lowest BCUT2D eigenvalue weighted by Crippen LogP contribution is -2.25. The molecular formula is C12H18. The third-order valence-electron chi connectivity index (χ3n) is 2.60. The Hall–Kier alpha value is -0.780. The molecule has 0 radical (unpaired) electrons. The summed E-state index contributed by atoms with van der Waals surface area (Å²) >= 11 is 0. The van der Waals surface area contributed by atoms with Crippen LogP contribution in [-0.4, -0.2) is 0 Å². The van der Waals surface area contributed by atoms with Gasteiger partial charge in [0.15, 0.2) is 0 Å². The van der Waals surface area contributed by atoms with Crippen LogP contribution in [0.2, 0.25) is 0 Å². The van der Waals surface area contributed by atoms with Crippen LogP contribution < -0.4 is 0 Å². The van der Waals surface area contributed by atoms with Crippen LogP contribution in [0.1, 0.15) is 27.2 Å². The van der Waals surface area contributed by atoms with E-state index in [9.17, 15) is 0 Å². The van der Waals surface area contributed by atoms with Crippen molar-refractivity contribution in [2.75, 3.05) is 0 Å². The molecule has 1 rings (SSSR count). The van der Waals surface area contributed by atoms with Gasteiger partial charge in [-0.05, 0) is 24.3 Å². The maximum atomic E-state index is 4.07. The first-order chi connectivity index (χ1) is 5.58. The Balaban J connectivity index is 2.92. The third-order valence-corrected chi connectivity index (χ3v) is 2.60. The number of allylic oxidation sites excluding steroid dienone is 5. The van der Waals surface area contributed by atoms with Gasteiger partial charge in [-0.25, -0.2) is 0 Å². The highest BCUT2D eigenvalue weighted by Crippen LogP contribution is 2.40. The Morgan fingerprint density at radius 3 is 2.75 bits per heavy atom. The van der Waals surface area contributed by atoms with Gasteiger partial charge in [-0.2, -0.15) is 0 Å². The van der Waals surface area contributed by atoms with E-state index in [0.29, 0.717) is 11.3 Å². The molecule has 1 unspecified atom stereocenters. The average molecular weight is 162 g/mol. The molecule has 0 aliphatic heterocycles. The van der Waals surface area contributed by atoms with E-state index >= 15 is 0 Å². The fourth-order valence-corrected chi connectivity index (χ4v) is 1.82. The van der Waals surface area contributed by atoms with Crippen molar-refractivity contribution in [3.8, 4) is 0 Å². The summed E-state index contributed by atoms with van der Waals surface area (Å²) in [5.74, 6) is 0.521. The maximum Gasteiger partial charge on any atom is 0.00660 e. The van der Waals surface area contributed by atoms with Gasteiger partial charge < -0.3 is 0 Å². The van der Waals surface area contributed by atoms with E-state index in [2.05, 4.69) is 51.7 Å². The molecule has 1 aliphatic carbocycles. The summed E-state index contributed by atoms with van der Waals surface area (Å²) in [4.78, 5) is 0. The van der Waals surface area contributed by atoms with E-state index in [1.165, 1.54) is 5.57 Å². The molecule has 0 saturated heterocycles. The van der Waals surface area contributed by atoms with Crippen LogP contribution in [-0.2, 0) is 0 Å². The molecule has 0 spiro atoms. The highest BCUT2D eigenvalue weighted by Gasteiger charge is 2.29. The Morgan fingerprint density at radius 1 is 1.58 bits per heavy atom. The third kappa shape index (κ3) is 1.69. The van der Waals surface area contributed by atoms with Gasteiger partial charge in [-0.15, -0.1) is 0 Å². The molecule has 66 valence electrons. The fraction of sp³-hybridized carbons (Fsp3) is 0.500. The van der Waals surface area contributed by atoms with E-state index in [0.717, 1.165) is 6.42 Å². The molecule has 0 heteroatoms. The van der Waals surface area contributed by atoms with E-state index in [4.69, 9.17) is 0 Å². The topological polar surface area (TPSA) is 0 Å². The summed E-state index contributed by atoms with van der Waals surface area (Å²) in [6, 6.07) is 0. The molecule has 0 aromatic heterocycles. The molecular weight excluding hydrogens is 144 g/mol. The Morgan fingerprint density at radius 2 is 2.25 bits per heavy atom. The fourth-order valence-electron chi connectivity index (χ4n) is 1.82. The van der Waals surface area contributed by atoms with Crippen LogP contribution in [0.3, 0.4) is 0 Å². The van der Waals surface area contributed by atoms with Crippen molar-refractivity contribution in [1.29, 1.82) is 0 Å². The SMILES string of the molecule is C=C1C=CCC(C)(C)C1/C=C/C. The second kappa shape index (κ2) is 3.30. The van der Waals surface area contributed by atoms with Gasteiger partial charge >= 0.3 is 0 Å². The molecule has 0 bridgehead atoms. The van der Waals surface area contributed by atoms with Gasteiger partial charge in [-0.1, -0.05) is 44.7 Å². The summed E-state index contributed by atoms with van der Waals surface area (Å²) in [5, 5.41) is 0. The highest BCUT2D eigenvalue weighted by atomic mass is 14.3. The number of rotatable bonds is 1.